The quantitative estimate of drug-likeness (QED) is 0.787. The van der Waals surface area contributed by atoms with E-state index in [1.54, 1.807) is 24.1 Å². The molecule has 0 aliphatic carbocycles. The Labute approximate surface area is 125 Å². The molecule has 20 heavy (non-hydrogen) atoms. The Morgan fingerprint density at radius 3 is 2.75 bits per heavy atom. The summed E-state index contributed by atoms with van der Waals surface area (Å²) in [5.41, 5.74) is 5.73. The van der Waals surface area contributed by atoms with Crippen LogP contribution in [0.3, 0.4) is 0 Å². The van der Waals surface area contributed by atoms with Gasteiger partial charge in [-0.2, -0.15) is 0 Å². The monoisotopic (exact) mass is 298 g/mol. The molecule has 0 heterocycles. The van der Waals surface area contributed by atoms with Gasteiger partial charge in [0.25, 0.3) is 0 Å². The fourth-order valence-corrected chi connectivity index (χ4v) is 1.91. The second-order valence-corrected chi connectivity index (χ2v) is 5.50. The predicted octanol–water partition coefficient (Wildman–Crippen LogP) is 2.55. The van der Waals surface area contributed by atoms with Crippen molar-refractivity contribution in [1.29, 1.82) is 0 Å². The number of hydrogen-bond donors (Lipinski definition) is 1. The van der Waals surface area contributed by atoms with Crippen molar-refractivity contribution >= 4 is 17.5 Å². The average molecular weight is 299 g/mol. The van der Waals surface area contributed by atoms with E-state index in [2.05, 4.69) is 0 Å². The normalized spacial score (nSPS) is 13.7. The zero-order chi connectivity index (χ0) is 15.1. The summed E-state index contributed by atoms with van der Waals surface area (Å²) < 4.78 is 5.58. The van der Waals surface area contributed by atoms with Gasteiger partial charge in [0, 0.05) is 24.7 Å². The van der Waals surface area contributed by atoms with Gasteiger partial charge in [0.2, 0.25) is 5.91 Å². The fraction of sp³-hybridized carbons (Fsp3) is 0.533. The fourth-order valence-electron chi connectivity index (χ4n) is 1.73. The first-order valence-corrected chi connectivity index (χ1v) is 7.18. The molecule has 0 saturated carbocycles. The van der Waals surface area contributed by atoms with E-state index in [1.165, 1.54) is 0 Å². The summed E-state index contributed by atoms with van der Waals surface area (Å²) >= 11 is 5.87. The smallest absolute Gasteiger partial charge is 0.226 e. The molecule has 2 unspecified atom stereocenters. The van der Waals surface area contributed by atoms with E-state index in [9.17, 15) is 4.79 Å². The van der Waals surface area contributed by atoms with Gasteiger partial charge in [-0.15, -0.1) is 0 Å². The summed E-state index contributed by atoms with van der Waals surface area (Å²) in [6.45, 7) is 4.89. The van der Waals surface area contributed by atoms with Gasteiger partial charge in [0.1, 0.15) is 5.75 Å². The van der Waals surface area contributed by atoms with Crippen LogP contribution in [0.25, 0.3) is 0 Å². The van der Waals surface area contributed by atoms with E-state index >= 15 is 0 Å². The highest BCUT2D eigenvalue weighted by Crippen LogP contribution is 2.17. The highest BCUT2D eigenvalue weighted by atomic mass is 35.5. The van der Waals surface area contributed by atoms with Gasteiger partial charge in [0.15, 0.2) is 0 Å². The van der Waals surface area contributed by atoms with Crippen LogP contribution in [-0.2, 0) is 4.79 Å². The molecular weight excluding hydrogens is 276 g/mol. The molecule has 1 rings (SSSR count). The van der Waals surface area contributed by atoms with Crippen molar-refractivity contribution in [1.82, 2.24) is 4.90 Å². The minimum atomic E-state index is -0.158. The van der Waals surface area contributed by atoms with Crippen LogP contribution < -0.4 is 10.5 Å². The van der Waals surface area contributed by atoms with Gasteiger partial charge in [-0.3, -0.25) is 4.79 Å². The summed E-state index contributed by atoms with van der Waals surface area (Å²) in [4.78, 5) is 13.7. The van der Waals surface area contributed by atoms with Crippen LogP contribution in [0, 0.1) is 5.92 Å². The van der Waals surface area contributed by atoms with E-state index in [1.807, 2.05) is 26.0 Å². The molecule has 0 spiro atoms. The first-order chi connectivity index (χ1) is 9.41. The lowest BCUT2D eigenvalue weighted by molar-refractivity contribution is -0.134. The first kappa shape index (κ1) is 16.8. The van der Waals surface area contributed by atoms with Crippen molar-refractivity contribution in [3.05, 3.63) is 29.3 Å². The van der Waals surface area contributed by atoms with Crippen molar-refractivity contribution < 1.29 is 9.53 Å². The van der Waals surface area contributed by atoms with Crippen LogP contribution in [0.15, 0.2) is 24.3 Å². The number of carbonyl (C=O) groups is 1. The highest BCUT2D eigenvalue weighted by molar-refractivity contribution is 6.30. The minimum absolute atomic E-state index is 0.0720. The van der Waals surface area contributed by atoms with Crippen LogP contribution in [0.1, 0.15) is 20.3 Å². The lowest BCUT2D eigenvalue weighted by Gasteiger charge is -2.23. The van der Waals surface area contributed by atoms with Crippen molar-refractivity contribution in [2.24, 2.45) is 11.7 Å². The third-order valence-electron chi connectivity index (χ3n) is 3.26. The van der Waals surface area contributed by atoms with Crippen LogP contribution >= 0.6 is 11.6 Å². The van der Waals surface area contributed by atoms with E-state index < -0.39 is 0 Å². The average Bonchev–Trinajstić information content (AvgIpc) is 2.41. The van der Waals surface area contributed by atoms with Gasteiger partial charge in [-0.25, -0.2) is 0 Å². The summed E-state index contributed by atoms with van der Waals surface area (Å²) in [5.74, 6) is 0.659. The Balaban J connectivity index is 2.29. The Hall–Kier alpha value is -1.26. The van der Waals surface area contributed by atoms with Crippen LogP contribution in [0.4, 0.5) is 0 Å². The second-order valence-electron chi connectivity index (χ2n) is 5.07. The summed E-state index contributed by atoms with van der Waals surface area (Å²) in [6.07, 6.45) is 0.764. The lowest BCUT2D eigenvalue weighted by atomic mass is 10.0. The van der Waals surface area contributed by atoms with Crippen LogP contribution in [0.5, 0.6) is 5.75 Å². The summed E-state index contributed by atoms with van der Waals surface area (Å²) in [7, 11) is 1.79. The van der Waals surface area contributed by atoms with Gasteiger partial charge in [0.05, 0.1) is 12.5 Å². The number of ether oxygens (including phenoxy) is 1. The molecular formula is C15H23ClN2O2. The number of halogens is 1. The molecule has 2 atom stereocenters. The molecule has 4 nitrogen and oxygen atoms in total. The Bertz CT molecular complexity index is 438. The molecule has 112 valence electrons. The largest absolute Gasteiger partial charge is 0.493 e. The van der Waals surface area contributed by atoms with E-state index in [4.69, 9.17) is 22.1 Å². The SMILES string of the molecule is CC(N)C(C)C(=O)N(C)CCCOc1cccc(Cl)c1. The zero-order valence-corrected chi connectivity index (χ0v) is 13.1. The predicted molar refractivity (Wildman–Crippen MR) is 82.0 cm³/mol. The van der Waals surface area contributed by atoms with Crippen LogP contribution in [0.2, 0.25) is 5.02 Å². The molecule has 0 fully saturated rings. The van der Waals surface area contributed by atoms with E-state index in [0.29, 0.717) is 18.2 Å². The number of nitrogens with two attached hydrogens (primary N) is 1. The Morgan fingerprint density at radius 1 is 1.45 bits per heavy atom. The third-order valence-corrected chi connectivity index (χ3v) is 3.49. The van der Waals surface area contributed by atoms with E-state index in [0.717, 1.165) is 12.2 Å². The van der Waals surface area contributed by atoms with Gasteiger partial charge < -0.3 is 15.4 Å². The number of benzene rings is 1. The minimum Gasteiger partial charge on any atom is -0.493 e. The number of nitrogens with zero attached hydrogens (tertiary/aromatic N) is 1. The van der Waals surface area contributed by atoms with Crippen molar-refractivity contribution in [2.45, 2.75) is 26.3 Å². The van der Waals surface area contributed by atoms with Gasteiger partial charge in [-0.1, -0.05) is 24.6 Å². The van der Waals surface area contributed by atoms with Gasteiger partial charge >= 0.3 is 0 Å². The highest BCUT2D eigenvalue weighted by Gasteiger charge is 2.20. The molecule has 5 heteroatoms. The van der Waals surface area contributed by atoms with Crippen LogP contribution in [-0.4, -0.2) is 37.0 Å². The molecule has 0 aliphatic heterocycles. The maximum atomic E-state index is 12.0. The maximum absolute atomic E-state index is 12.0. The van der Waals surface area contributed by atoms with Crippen molar-refractivity contribution in [3.8, 4) is 5.75 Å². The number of carbonyl (C=O) groups excluding carboxylic acids is 1. The van der Waals surface area contributed by atoms with Gasteiger partial charge in [-0.05, 0) is 31.5 Å². The molecule has 0 saturated heterocycles. The molecule has 1 aromatic carbocycles. The third kappa shape index (κ3) is 5.39. The number of amides is 1. The molecule has 1 amide bonds. The van der Waals surface area contributed by atoms with E-state index in [-0.39, 0.29) is 17.9 Å². The number of rotatable bonds is 7. The second kappa shape index (κ2) is 8.12. The molecule has 0 aromatic heterocycles. The Morgan fingerprint density at radius 2 is 2.15 bits per heavy atom. The lowest BCUT2D eigenvalue weighted by Crippen LogP contribution is -2.40. The maximum Gasteiger partial charge on any atom is 0.226 e. The topological polar surface area (TPSA) is 55.6 Å². The standard InChI is InChI=1S/C15H23ClN2O2/c1-11(12(2)17)15(19)18(3)8-5-9-20-14-7-4-6-13(16)10-14/h4,6-7,10-12H,5,8-9,17H2,1-3H3. The Kier molecular flexibility index (Phi) is 6.82. The molecule has 0 radical (unpaired) electrons. The molecule has 0 bridgehead atoms. The summed E-state index contributed by atoms with van der Waals surface area (Å²) in [6, 6.07) is 7.15. The zero-order valence-electron chi connectivity index (χ0n) is 12.3. The molecule has 2 N–H and O–H groups in total. The summed E-state index contributed by atoms with van der Waals surface area (Å²) in [5, 5.41) is 0.653. The molecule has 1 aromatic rings. The molecule has 0 aliphatic rings. The van der Waals surface area contributed by atoms with Crippen molar-refractivity contribution in [2.75, 3.05) is 20.2 Å². The first-order valence-electron chi connectivity index (χ1n) is 6.80. The van der Waals surface area contributed by atoms with Crippen molar-refractivity contribution in [3.63, 3.8) is 0 Å². The number of hydrogen-bond acceptors (Lipinski definition) is 3.